The van der Waals surface area contributed by atoms with E-state index in [2.05, 4.69) is 29.2 Å². The van der Waals surface area contributed by atoms with Crippen LogP contribution in [0.3, 0.4) is 0 Å². The number of hydrogen-bond acceptors (Lipinski definition) is 6. The van der Waals surface area contributed by atoms with Crippen molar-refractivity contribution in [2.24, 2.45) is 14.1 Å². The zero-order valence-corrected chi connectivity index (χ0v) is 21.3. The molecule has 0 saturated carbocycles. The molecule has 0 spiro atoms. The first-order chi connectivity index (χ1) is 18.4. The Labute approximate surface area is 217 Å². The smallest absolute Gasteiger partial charge is 0.332 e. The Hall–Kier alpha value is -4.44. The van der Waals surface area contributed by atoms with Crippen LogP contribution in [0.1, 0.15) is 21.9 Å². The number of hydrogen-bond donors (Lipinski definition) is 0. The molecule has 1 aliphatic rings. The molecule has 1 amide bonds. The standard InChI is InChI=1S/C28H28N6O4/c1-30-25-24(27(36)31(2)28(30)37)34(17-20-9-5-8-19-7-3-4-10-21(19)20)23(29-25)18-32-12-14-33(15-13-32)26(35)22-11-6-16-38-22/h3-11,16H,12-15,17-18H2,1-2H3. The number of rotatable bonds is 5. The number of nitrogens with zero attached hydrogens (tertiary/aromatic N) is 6. The molecule has 0 radical (unpaired) electrons. The summed E-state index contributed by atoms with van der Waals surface area (Å²) in [6, 6.07) is 17.7. The molecule has 0 atom stereocenters. The lowest BCUT2D eigenvalue weighted by atomic mass is 10.0. The lowest BCUT2D eigenvalue weighted by Crippen LogP contribution is -2.48. The second-order valence-electron chi connectivity index (χ2n) is 9.68. The highest BCUT2D eigenvalue weighted by molar-refractivity contribution is 5.91. The van der Waals surface area contributed by atoms with Crippen molar-refractivity contribution in [3.05, 3.63) is 98.8 Å². The first kappa shape index (κ1) is 23.9. The number of carbonyl (C=O) groups is 1. The Balaban J connectivity index is 1.36. The average molecular weight is 513 g/mol. The Morgan fingerprint density at radius 1 is 0.895 bits per heavy atom. The molecule has 1 fully saturated rings. The van der Waals surface area contributed by atoms with Crippen LogP contribution in [-0.2, 0) is 27.2 Å². The molecular weight excluding hydrogens is 484 g/mol. The van der Waals surface area contributed by atoms with Crippen molar-refractivity contribution in [2.75, 3.05) is 26.2 Å². The fourth-order valence-corrected chi connectivity index (χ4v) is 5.25. The molecule has 0 N–H and O–H groups in total. The summed E-state index contributed by atoms with van der Waals surface area (Å²) in [5.74, 6) is 0.931. The summed E-state index contributed by atoms with van der Waals surface area (Å²) < 4.78 is 9.78. The fourth-order valence-electron chi connectivity index (χ4n) is 5.25. The summed E-state index contributed by atoms with van der Waals surface area (Å²) in [6.07, 6.45) is 1.50. The second-order valence-corrected chi connectivity index (χ2v) is 9.68. The van der Waals surface area contributed by atoms with Crippen LogP contribution >= 0.6 is 0 Å². The molecule has 10 heteroatoms. The summed E-state index contributed by atoms with van der Waals surface area (Å²) in [6.45, 7) is 3.35. The number of amides is 1. The maximum Gasteiger partial charge on any atom is 0.332 e. The molecule has 38 heavy (non-hydrogen) atoms. The molecule has 10 nitrogen and oxygen atoms in total. The van der Waals surface area contributed by atoms with E-state index in [0.717, 1.165) is 20.9 Å². The lowest BCUT2D eigenvalue weighted by Gasteiger charge is -2.34. The molecular formula is C28H28N6O4. The largest absolute Gasteiger partial charge is 0.459 e. The monoisotopic (exact) mass is 512 g/mol. The highest BCUT2D eigenvalue weighted by Gasteiger charge is 2.26. The van der Waals surface area contributed by atoms with Gasteiger partial charge >= 0.3 is 5.69 Å². The van der Waals surface area contributed by atoms with Crippen LogP contribution in [0.2, 0.25) is 0 Å². The average Bonchev–Trinajstić information content (AvgIpc) is 3.60. The zero-order valence-electron chi connectivity index (χ0n) is 21.3. The van der Waals surface area contributed by atoms with Gasteiger partial charge in [-0.2, -0.15) is 0 Å². The lowest BCUT2D eigenvalue weighted by molar-refractivity contribution is 0.0594. The first-order valence-corrected chi connectivity index (χ1v) is 12.6. The minimum Gasteiger partial charge on any atom is -0.459 e. The van der Waals surface area contributed by atoms with Gasteiger partial charge in [0.15, 0.2) is 16.9 Å². The number of imidazole rings is 1. The van der Waals surface area contributed by atoms with E-state index in [1.807, 2.05) is 22.8 Å². The minimum absolute atomic E-state index is 0.114. The number of aryl methyl sites for hydroxylation is 1. The van der Waals surface area contributed by atoms with E-state index in [4.69, 9.17) is 9.40 Å². The third kappa shape index (κ3) is 4.03. The topological polar surface area (TPSA) is 98.5 Å². The van der Waals surface area contributed by atoms with Crippen LogP contribution in [0.25, 0.3) is 21.9 Å². The van der Waals surface area contributed by atoms with Crippen molar-refractivity contribution in [1.82, 2.24) is 28.5 Å². The molecule has 6 rings (SSSR count). The number of benzene rings is 2. The normalized spacial score (nSPS) is 14.5. The van der Waals surface area contributed by atoms with Gasteiger partial charge in [0.2, 0.25) is 0 Å². The maximum atomic E-state index is 13.3. The summed E-state index contributed by atoms with van der Waals surface area (Å²) in [5.41, 5.74) is 1.07. The Morgan fingerprint density at radius 2 is 1.66 bits per heavy atom. The molecule has 1 aliphatic heterocycles. The Bertz CT molecular complexity index is 1770. The summed E-state index contributed by atoms with van der Waals surface area (Å²) >= 11 is 0. The Kier molecular flexibility index (Phi) is 5.96. The van der Waals surface area contributed by atoms with Gasteiger partial charge in [-0.1, -0.05) is 42.5 Å². The van der Waals surface area contributed by atoms with Gasteiger partial charge < -0.3 is 13.9 Å². The van der Waals surface area contributed by atoms with Gasteiger partial charge in [-0.3, -0.25) is 23.6 Å². The van der Waals surface area contributed by atoms with Crippen LogP contribution in [0.4, 0.5) is 0 Å². The zero-order chi connectivity index (χ0) is 26.4. The van der Waals surface area contributed by atoms with E-state index < -0.39 is 5.69 Å². The van der Waals surface area contributed by atoms with E-state index in [-0.39, 0.29) is 11.5 Å². The molecule has 5 aromatic rings. The van der Waals surface area contributed by atoms with E-state index in [0.29, 0.717) is 62.0 Å². The van der Waals surface area contributed by atoms with Gasteiger partial charge in [0.1, 0.15) is 5.82 Å². The van der Waals surface area contributed by atoms with Gasteiger partial charge in [-0.25, -0.2) is 9.78 Å². The molecule has 2 aromatic carbocycles. The number of aromatic nitrogens is 4. The summed E-state index contributed by atoms with van der Waals surface area (Å²) in [4.78, 5) is 47.5. The predicted octanol–water partition coefficient (Wildman–Crippen LogP) is 2.19. The maximum absolute atomic E-state index is 13.3. The molecule has 194 valence electrons. The van der Waals surface area contributed by atoms with Crippen molar-refractivity contribution in [1.29, 1.82) is 0 Å². The molecule has 0 unspecified atom stereocenters. The fraction of sp³-hybridized carbons (Fsp3) is 0.286. The van der Waals surface area contributed by atoms with Crippen molar-refractivity contribution in [2.45, 2.75) is 13.1 Å². The molecule has 3 aromatic heterocycles. The number of fused-ring (bicyclic) bond motifs is 2. The van der Waals surface area contributed by atoms with Gasteiger partial charge in [0.05, 0.1) is 19.4 Å². The van der Waals surface area contributed by atoms with Crippen molar-refractivity contribution in [3.8, 4) is 0 Å². The molecule has 4 heterocycles. The van der Waals surface area contributed by atoms with Crippen LogP contribution in [0, 0.1) is 0 Å². The van der Waals surface area contributed by atoms with Crippen LogP contribution in [-0.4, -0.2) is 60.6 Å². The summed E-state index contributed by atoms with van der Waals surface area (Å²) in [5, 5.41) is 2.23. The van der Waals surface area contributed by atoms with Crippen molar-refractivity contribution in [3.63, 3.8) is 0 Å². The number of furan rings is 1. The molecule has 0 aliphatic carbocycles. The van der Waals surface area contributed by atoms with E-state index in [9.17, 15) is 14.4 Å². The van der Waals surface area contributed by atoms with E-state index >= 15 is 0 Å². The number of piperazine rings is 1. The summed E-state index contributed by atoms with van der Waals surface area (Å²) in [7, 11) is 3.14. The third-order valence-electron chi connectivity index (χ3n) is 7.39. The quantitative estimate of drug-likeness (QED) is 0.358. The van der Waals surface area contributed by atoms with Crippen molar-refractivity contribution < 1.29 is 9.21 Å². The van der Waals surface area contributed by atoms with Gasteiger partial charge in [0.25, 0.3) is 11.5 Å². The number of carbonyl (C=O) groups excluding carboxylic acids is 1. The predicted molar refractivity (Wildman–Crippen MR) is 143 cm³/mol. The SMILES string of the molecule is Cn1c(=O)c2c(nc(CN3CCN(C(=O)c4ccco4)CC3)n2Cc2cccc3ccccc23)n(C)c1=O. The van der Waals surface area contributed by atoms with Crippen LogP contribution < -0.4 is 11.2 Å². The van der Waals surface area contributed by atoms with Crippen LogP contribution in [0.15, 0.2) is 74.9 Å². The highest BCUT2D eigenvalue weighted by Crippen LogP contribution is 2.23. The Morgan fingerprint density at radius 3 is 2.42 bits per heavy atom. The molecule has 0 bridgehead atoms. The highest BCUT2D eigenvalue weighted by atomic mass is 16.3. The van der Waals surface area contributed by atoms with E-state index in [1.54, 1.807) is 24.1 Å². The van der Waals surface area contributed by atoms with Crippen LogP contribution in [0.5, 0.6) is 0 Å². The van der Waals surface area contributed by atoms with Crippen molar-refractivity contribution >= 4 is 27.8 Å². The first-order valence-electron chi connectivity index (χ1n) is 12.6. The van der Waals surface area contributed by atoms with Gasteiger partial charge in [-0.15, -0.1) is 0 Å². The van der Waals surface area contributed by atoms with E-state index in [1.165, 1.54) is 17.9 Å². The second kappa shape index (κ2) is 9.46. The third-order valence-corrected chi connectivity index (χ3v) is 7.39. The minimum atomic E-state index is -0.408. The van der Waals surface area contributed by atoms with Gasteiger partial charge in [-0.05, 0) is 28.5 Å². The molecule has 1 saturated heterocycles. The van der Waals surface area contributed by atoms with Gasteiger partial charge in [0, 0.05) is 40.3 Å².